The van der Waals surface area contributed by atoms with Crippen molar-refractivity contribution in [2.45, 2.75) is 19.8 Å². The highest BCUT2D eigenvalue weighted by atomic mass is 32.1. The zero-order valence-electron chi connectivity index (χ0n) is 13.7. The third-order valence-electron chi connectivity index (χ3n) is 3.12. The molecule has 1 aromatic carbocycles. The summed E-state index contributed by atoms with van der Waals surface area (Å²) in [5, 5.41) is 14.6. The summed E-state index contributed by atoms with van der Waals surface area (Å²) in [4.78, 5) is 24.0. The van der Waals surface area contributed by atoms with Crippen LogP contribution in [0.1, 0.15) is 38.5 Å². The van der Waals surface area contributed by atoms with Crippen molar-refractivity contribution in [3.8, 4) is 0 Å². The number of aryl methyl sites for hydroxylation is 1. The Bertz CT molecular complexity index is 685. The lowest BCUT2D eigenvalue weighted by atomic mass is 10.2. The van der Waals surface area contributed by atoms with Crippen LogP contribution in [0.2, 0.25) is 0 Å². The van der Waals surface area contributed by atoms with Gasteiger partial charge in [0.15, 0.2) is 0 Å². The highest BCUT2D eigenvalue weighted by Gasteiger charge is 2.13. The summed E-state index contributed by atoms with van der Waals surface area (Å²) in [5.41, 5.74) is 1.12. The Hall–Kier alpha value is -2.32. The molecule has 128 valence electrons. The Kier molecular flexibility index (Phi) is 6.83. The van der Waals surface area contributed by atoms with E-state index >= 15 is 0 Å². The van der Waals surface area contributed by atoms with Crippen molar-refractivity contribution >= 4 is 28.8 Å². The molecule has 1 aromatic heterocycles. The van der Waals surface area contributed by atoms with E-state index in [0.717, 1.165) is 17.8 Å². The number of hydrogen-bond acceptors (Lipinski definition) is 6. The quantitative estimate of drug-likeness (QED) is 0.713. The van der Waals surface area contributed by atoms with Crippen molar-refractivity contribution < 1.29 is 14.3 Å². The van der Waals surface area contributed by atoms with Crippen LogP contribution in [0.15, 0.2) is 24.3 Å². The number of methoxy groups -OCH3 is 1. The summed E-state index contributed by atoms with van der Waals surface area (Å²) >= 11 is 1.29. The molecule has 8 heteroatoms. The maximum atomic E-state index is 12.1. The zero-order valence-corrected chi connectivity index (χ0v) is 14.5. The van der Waals surface area contributed by atoms with Gasteiger partial charge in [-0.05, 0) is 30.7 Å². The molecule has 0 atom stereocenters. The molecular formula is C16H20N4O3S. The number of nitrogens with one attached hydrogen (secondary N) is 2. The van der Waals surface area contributed by atoms with E-state index < -0.39 is 0 Å². The van der Waals surface area contributed by atoms with Gasteiger partial charge in [0.2, 0.25) is 5.01 Å². The van der Waals surface area contributed by atoms with Crippen molar-refractivity contribution in [2.75, 3.05) is 25.6 Å². The van der Waals surface area contributed by atoms with Gasteiger partial charge in [0.1, 0.15) is 5.01 Å². The van der Waals surface area contributed by atoms with Crippen LogP contribution in [0.5, 0.6) is 0 Å². The summed E-state index contributed by atoms with van der Waals surface area (Å²) < 4.78 is 4.88. The van der Waals surface area contributed by atoms with E-state index in [1.165, 1.54) is 11.3 Å². The maximum absolute atomic E-state index is 12.1. The molecule has 0 saturated heterocycles. The van der Waals surface area contributed by atoms with Crippen LogP contribution in [0.3, 0.4) is 0 Å². The third-order valence-corrected chi connectivity index (χ3v) is 4.10. The van der Waals surface area contributed by atoms with Gasteiger partial charge >= 0.3 is 0 Å². The van der Waals surface area contributed by atoms with Gasteiger partial charge in [-0.25, -0.2) is 0 Å². The second kappa shape index (κ2) is 9.09. The number of rotatable bonds is 8. The van der Waals surface area contributed by atoms with Crippen molar-refractivity contribution in [2.24, 2.45) is 0 Å². The normalized spacial score (nSPS) is 10.4. The average Bonchev–Trinajstić information content (AvgIpc) is 3.05. The first-order valence-electron chi connectivity index (χ1n) is 7.65. The van der Waals surface area contributed by atoms with Gasteiger partial charge in [-0.1, -0.05) is 18.3 Å². The van der Waals surface area contributed by atoms with Gasteiger partial charge in [-0.3, -0.25) is 9.59 Å². The Morgan fingerprint density at radius 1 is 1.17 bits per heavy atom. The van der Waals surface area contributed by atoms with E-state index in [1.54, 1.807) is 31.4 Å². The number of carbonyl (C=O) groups excluding carboxylic acids is 2. The number of amides is 2. The van der Waals surface area contributed by atoms with E-state index in [4.69, 9.17) is 4.74 Å². The number of nitrogens with zero attached hydrogens (tertiary/aromatic N) is 2. The Balaban J connectivity index is 1.92. The van der Waals surface area contributed by atoms with E-state index in [2.05, 4.69) is 20.8 Å². The zero-order chi connectivity index (χ0) is 17.4. The molecule has 0 aliphatic heterocycles. The number of aromatic nitrogens is 2. The molecular weight excluding hydrogens is 328 g/mol. The summed E-state index contributed by atoms with van der Waals surface area (Å²) in [6.07, 6.45) is 1.78. The van der Waals surface area contributed by atoms with Crippen LogP contribution in [0, 0.1) is 0 Å². The standard InChI is InChI=1S/C16H20N4O3S/c1-3-4-13-19-20-16(24-13)15(22)18-12-7-5-11(6-8-12)14(21)17-9-10-23-2/h5-8H,3-4,9-10H2,1-2H3,(H,17,21)(H,18,22). The second-order valence-electron chi connectivity index (χ2n) is 5.03. The summed E-state index contributed by atoms with van der Waals surface area (Å²) in [6, 6.07) is 6.66. The number of hydrogen-bond donors (Lipinski definition) is 2. The van der Waals surface area contributed by atoms with E-state index in [1.807, 2.05) is 6.92 Å². The van der Waals surface area contributed by atoms with Crippen LogP contribution in [-0.4, -0.2) is 42.3 Å². The van der Waals surface area contributed by atoms with Crippen molar-refractivity contribution in [1.82, 2.24) is 15.5 Å². The summed E-state index contributed by atoms with van der Waals surface area (Å²) in [6.45, 7) is 2.96. The molecule has 0 aliphatic carbocycles. The number of ether oxygens (including phenoxy) is 1. The first kappa shape index (κ1) is 18.0. The predicted octanol–water partition coefficient (Wildman–Crippen LogP) is 2.12. The van der Waals surface area contributed by atoms with E-state index in [9.17, 15) is 9.59 Å². The minimum atomic E-state index is -0.299. The van der Waals surface area contributed by atoms with Crippen LogP contribution >= 0.6 is 11.3 Å². The summed E-state index contributed by atoms with van der Waals surface area (Å²) in [5.74, 6) is -0.481. The Morgan fingerprint density at radius 3 is 2.58 bits per heavy atom. The first-order chi connectivity index (χ1) is 11.6. The third kappa shape index (κ3) is 5.10. The van der Waals surface area contributed by atoms with Crippen LogP contribution in [0.4, 0.5) is 5.69 Å². The van der Waals surface area contributed by atoms with Gasteiger partial charge in [-0.2, -0.15) is 0 Å². The van der Waals surface area contributed by atoms with Crippen LogP contribution in [0.25, 0.3) is 0 Å². The van der Waals surface area contributed by atoms with Gasteiger partial charge < -0.3 is 15.4 Å². The summed E-state index contributed by atoms with van der Waals surface area (Å²) in [7, 11) is 1.58. The predicted molar refractivity (Wildman–Crippen MR) is 92.5 cm³/mol. The molecule has 0 aliphatic rings. The highest BCUT2D eigenvalue weighted by molar-refractivity contribution is 7.13. The average molecular weight is 348 g/mol. The molecule has 0 saturated carbocycles. The van der Waals surface area contributed by atoms with E-state index in [0.29, 0.717) is 29.4 Å². The fourth-order valence-corrected chi connectivity index (χ4v) is 2.75. The van der Waals surface area contributed by atoms with Crippen LogP contribution < -0.4 is 10.6 Å². The van der Waals surface area contributed by atoms with Gasteiger partial charge in [-0.15, -0.1) is 10.2 Å². The van der Waals surface area contributed by atoms with E-state index in [-0.39, 0.29) is 11.8 Å². The molecule has 2 N–H and O–H groups in total. The van der Waals surface area contributed by atoms with Crippen molar-refractivity contribution in [3.05, 3.63) is 39.8 Å². The van der Waals surface area contributed by atoms with Gasteiger partial charge in [0.25, 0.3) is 11.8 Å². The minimum Gasteiger partial charge on any atom is -0.383 e. The van der Waals surface area contributed by atoms with Gasteiger partial charge in [0.05, 0.1) is 6.61 Å². The maximum Gasteiger partial charge on any atom is 0.286 e. The number of carbonyl (C=O) groups is 2. The van der Waals surface area contributed by atoms with Crippen molar-refractivity contribution in [1.29, 1.82) is 0 Å². The lowest BCUT2D eigenvalue weighted by Gasteiger charge is -2.06. The molecule has 0 spiro atoms. The topological polar surface area (TPSA) is 93.2 Å². The monoisotopic (exact) mass is 348 g/mol. The fourth-order valence-electron chi connectivity index (χ4n) is 1.92. The fraction of sp³-hybridized carbons (Fsp3) is 0.375. The molecule has 0 fully saturated rings. The number of anilines is 1. The minimum absolute atomic E-state index is 0.182. The molecule has 2 amide bonds. The van der Waals surface area contributed by atoms with Gasteiger partial charge in [0, 0.05) is 31.3 Å². The largest absolute Gasteiger partial charge is 0.383 e. The number of benzene rings is 1. The molecule has 7 nitrogen and oxygen atoms in total. The molecule has 0 unspecified atom stereocenters. The second-order valence-corrected chi connectivity index (χ2v) is 6.09. The highest BCUT2D eigenvalue weighted by Crippen LogP contribution is 2.15. The lowest BCUT2D eigenvalue weighted by molar-refractivity contribution is 0.0936. The molecule has 0 radical (unpaired) electrons. The van der Waals surface area contributed by atoms with Crippen molar-refractivity contribution in [3.63, 3.8) is 0 Å². The first-order valence-corrected chi connectivity index (χ1v) is 8.46. The Morgan fingerprint density at radius 2 is 1.92 bits per heavy atom. The molecule has 1 heterocycles. The Labute approximate surface area is 144 Å². The van der Waals surface area contributed by atoms with Crippen LogP contribution in [-0.2, 0) is 11.2 Å². The lowest BCUT2D eigenvalue weighted by Crippen LogP contribution is -2.26. The molecule has 2 aromatic rings. The molecule has 2 rings (SSSR count). The SMILES string of the molecule is CCCc1nnc(C(=O)Nc2ccc(C(=O)NCCOC)cc2)s1. The molecule has 24 heavy (non-hydrogen) atoms. The smallest absolute Gasteiger partial charge is 0.286 e. The molecule has 0 bridgehead atoms.